The zero-order valence-corrected chi connectivity index (χ0v) is 15.0. The van der Waals surface area contributed by atoms with Gasteiger partial charge in [0.15, 0.2) is 5.13 Å². The molecule has 0 aliphatic carbocycles. The van der Waals surface area contributed by atoms with Gasteiger partial charge in [0.05, 0.1) is 10.7 Å². The number of rotatable bonds is 4. The molecule has 0 spiro atoms. The van der Waals surface area contributed by atoms with Gasteiger partial charge in [0.2, 0.25) is 0 Å². The number of aromatic nitrogens is 2. The lowest BCUT2D eigenvalue weighted by molar-refractivity contribution is 0.102. The van der Waals surface area contributed by atoms with Crippen molar-refractivity contribution >= 4 is 45.6 Å². The summed E-state index contributed by atoms with van der Waals surface area (Å²) in [6.45, 7) is 2.11. The van der Waals surface area contributed by atoms with Crippen LogP contribution in [0.2, 0.25) is 10.2 Å². The quantitative estimate of drug-likeness (QED) is 0.625. The molecule has 0 saturated carbocycles. The molecular formula is C17H13Cl2N3OS. The Bertz CT molecular complexity index is 878. The molecule has 2 aromatic heterocycles. The number of pyridine rings is 1. The van der Waals surface area contributed by atoms with Crippen molar-refractivity contribution in [2.75, 3.05) is 5.32 Å². The van der Waals surface area contributed by atoms with Crippen LogP contribution in [0.15, 0.2) is 41.8 Å². The number of carbonyl (C=O) groups excluding carboxylic acids is 1. The smallest absolute Gasteiger partial charge is 0.277 e. The van der Waals surface area contributed by atoms with E-state index in [-0.39, 0.29) is 15.9 Å². The first-order chi connectivity index (χ1) is 11.6. The monoisotopic (exact) mass is 377 g/mol. The number of halogens is 2. The van der Waals surface area contributed by atoms with Gasteiger partial charge in [-0.3, -0.25) is 10.1 Å². The molecule has 1 aromatic carbocycles. The van der Waals surface area contributed by atoms with Crippen LogP contribution in [0, 0.1) is 0 Å². The maximum absolute atomic E-state index is 12.3. The second-order valence-corrected chi connectivity index (χ2v) is 6.66. The fourth-order valence-electron chi connectivity index (χ4n) is 2.11. The van der Waals surface area contributed by atoms with E-state index in [1.165, 1.54) is 29.0 Å². The first kappa shape index (κ1) is 16.9. The van der Waals surface area contributed by atoms with E-state index >= 15 is 0 Å². The van der Waals surface area contributed by atoms with E-state index < -0.39 is 5.91 Å². The number of thiazole rings is 1. The number of aryl methyl sites for hydroxylation is 1. The predicted octanol–water partition coefficient (Wildman–Crippen LogP) is 5.33. The molecule has 1 N–H and O–H groups in total. The van der Waals surface area contributed by atoms with Crippen molar-refractivity contribution in [1.82, 2.24) is 9.97 Å². The Kier molecular flexibility index (Phi) is 5.14. The van der Waals surface area contributed by atoms with Crippen LogP contribution in [-0.4, -0.2) is 15.9 Å². The molecule has 1 amide bonds. The van der Waals surface area contributed by atoms with E-state index in [4.69, 9.17) is 23.2 Å². The van der Waals surface area contributed by atoms with Crippen molar-refractivity contribution in [3.8, 4) is 11.3 Å². The third-order valence-corrected chi connectivity index (χ3v) is 4.68. The molecule has 0 saturated heterocycles. The van der Waals surface area contributed by atoms with Crippen LogP contribution in [0.1, 0.15) is 23.0 Å². The SMILES string of the molecule is CCc1ccc(-c2csc(NC(=O)c3nc(Cl)ccc3Cl)n2)cc1. The van der Waals surface area contributed by atoms with E-state index in [2.05, 4.69) is 34.3 Å². The number of benzene rings is 1. The summed E-state index contributed by atoms with van der Waals surface area (Å²) in [6.07, 6.45) is 0.992. The van der Waals surface area contributed by atoms with Crippen LogP contribution in [0.25, 0.3) is 11.3 Å². The summed E-state index contributed by atoms with van der Waals surface area (Å²) in [4.78, 5) is 20.7. The third-order valence-electron chi connectivity index (χ3n) is 3.41. The maximum atomic E-state index is 12.3. The number of hydrogen-bond donors (Lipinski definition) is 1. The van der Waals surface area contributed by atoms with E-state index in [9.17, 15) is 4.79 Å². The minimum atomic E-state index is -0.440. The average molecular weight is 378 g/mol. The van der Waals surface area contributed by atoms with Crippen LogP contribution < -0.4 is 5.32 Å². The lowest BCUT2D eigenvalue weighted by Crippen LogP contribution is -2.14. The summed E-state index contributed by atoms with van der Waals surface area (Å²) in [5.41, 5.74) is 3.16. The van der Waals surface area contributed by atoms with Crippen molar-refractivity contribution in [2.45, 2.75) is 13.3 Å². The molecule has 0 aliphatic rings. The van der Waals surface area contributed by atoms with Crippen LogP contribution in [0.4, 0.5) is 5.13 Å². The Morgan fingerprint density at radius 2 is 1.88 bits per heavy atom. The summed E-state index contributed by atoms with van der Waals surface area (Å²) >= 11 is 13.1. The highest BCUT2D eigenvalue weighted by Gasteiger charge is 2.15. The van der Waals surface area contributed by atoms with Gasteiger partial charge in [0.25, 0.3) is 5.91 Å². The molecule has 2 heterocycles. The first-order valence-electron chi connectivity index (χ1n) is 7.25. The molecule has 3 aromatic rings. The molecule has 0 fully saturated rings. The fraction of sp³-hybridized carbons (Fsp3) is 0.118. The Labute approximate surface area is 153 Å². The van der Waals surface area contributed by atoms with Crippen molar-refractivity contribution in [3.63, 3.8) is 0 Å². The number of hydrogen-bond acceptors (Lipinski definition) is 4. The summed E-state index contributed by atoms with van der Waals surface area (Å²) in [6, 6.07) is 11.3. The van der Waals surface area contributed by atoms with Gasteiger partial charge < -0.3 is 0 Å². The maximum Gasteiger partial charge on any atom is 0.277 e. The molecule has 24 heavy (non-hydrogen) atoms. The van der Waals surface area contributed by atoms with Crippen LogP contribution in [0.5, 0.6) is 0 Å². The summed E-state index contributed by atoms with van der Waals surface area (Å²) in [5.74, 6) is -0.440. The van der Waals surface area contributed by atoms with Crippen LogP contribution in [-0.2, 0) is 6.42 Å². The molecule has 0 bridgehead atoms. The number of nitrogens with zero attached hydrogens (tertiary/aromatic N) is 2. The molecule has 3 rings (SSSR count). The Hall–Kier alpha value is -1.95. The summed E-state index contributed by atoms with van der Waals surface area (Å²) in [7, 11) is 0. The predicted molar refractivity (Wildman–Crippen MR) is 99.1 cm³/mol. The topological polar surface area (TPSA) is 54.9 Å². The fourth-order valence-corrected chi connectivity index (χ4v) is 3.16. The molecule has 7 heteroatoms. The van der Waals surface area contributed by atoms with Crippen molar-refractivity contribution in [1.29, 1.82) is 0 Å². The lowest BCUT2D eigenvalue weighted by atomic mass is 10.1. The van der Waals surface area contributed by atoms with E-state index in [0.717, 1.165) is 17.7 Å². The summed E-state index contributed by atoms with van der Waals surface area (Å²) in [5, 5.41) is 5.52. The van der Waals surface area contributed by atoms with E-state index in [1.807, 2.05) is 17.5 Å². The van der Waals surface area contributed by atoms with E-state index in [1.54, 1.807) is 0 Å². The minimum Gasteiger partial charge on any atom is -0.296 e. The van der Waals surface area contributed by atoms with Gasteiger partial charge in [0, 0.05) is 10.9 Å². The summed E-state index contributed by atoms with van der Waals surface area (Å²) < 4.78 is 0. The molecule has 0 atom stereocenters. The number of anilines is 1. The lowest BCUT2D eigenvalue weighted by Gasteiger charge is -2.03. The molecule has 0 aliphatic heterocycles. The number of amides is 1. The highest BCUT2D eigenvalue weighted by molar-refractivity contribution is 7.14. The highest BCUT2D eigenvalue weighted by Crippen LogP contribution is 2.26. The van der Waals surface area contributed by atoms with Crippen molar-refractivity contribution < 1.29 is 4.79 Å². The van der Waals surface area contributed by atoms with Gasteiger partial charge in [-0.25, -0.2) is 9.97 Å². The molecule has 0 unspecified atom stereocenters. The molecule has 122 valence electrons. The molecular weight excluding hydrogens is 365 g/mol. The van der Waals surface area contributed by atoms with Gasteiger partial charge >= 0.3 is 0 Å². The zero-order valence-electron chi connectivity index (χ0n) is 12.7. The van der Waals surface area contributed by atoms with Gasteiger partial charge in [-0.1, -0.05) is 54.4 Å². The second kappa shape index (κ2) is 7.30. The van der Waals surface area contributed by atoms with E-state index in [0.29, 0.717) is 5.13 Å². The largest absolute Gasteiger partial charge is 0.296 e. The van der Waals surface area contributed by atoms with Gasteiger partial charge in [-0.2, -0.15) is 0 Å². The molecule has 4 nitrogen and oxygen atoms in total. The standard InChI is InChI=1S/C17H13Cl2N3OS/c1-2-10-3-5-11(6-4-10)13-9-24-17(20-13)22-16(23)15-12(18)7-8-14(19)21-15/h3-9H,2H2,1H3,(H,20,22,23). The Morgan fingerprint density at radius 3 is 2.58 bits per heavy atom. The Morgan fingerprint density at radius 1 is 1.12 bits per heavy atom. The number of nitrogens with one attached hydrogen (secondary N) is 1. The molecule has 0 radical (unpaired) electrons. The Balaban J connectivity index is 1.78. The minimum absolute atomic E-state index is 0.0771. The van der Waals surface area contributed by atoms with Crippen LogP contribution in [0.3, 0.4) is 0 Å². The van der Waals surface area contributed by atoms with Gasteiger partial charge in [-0.05, 0) is 24.1 Å². The number of carbonyl (C=O) groups is 1. The highest BCUT2D eigenvalue weighted by atomic mass is 35.5. The second-order valence-electron chi connectivity index (χ2n) is 5.01. The first-order valence-corrected chi connectivity index (χ1v) is 8.88. The van der Waals surface area contributed by atoms with Crippen LogP contribution >= 0.6 is 34.5 Å². The third kappa shape index (κ3) is 3.75. The van der Waals surface area contributed by atoms with Gasteiger partial charge in [-0.15, -0.1) is 11.3 Å². The average Bonchev–Trinajstić information content (AvgIpc) is 3.05. The normalized spacial score (nSPS) is 10.6. The zero-order chi connectivity index (χ0) is 17.1. The van der Waals surface area contributed by atoms with Crippen molar-refractivity contribution in [2.24, 2.45) is 0 Å². The van der Waals surface area contributed by atoms with Gasteiger partial charge in [0.1, 0.15) is 10.8 Å². The van der Waals surface area contributed by atoms with Crippen molar-refractivity contribution in [3.05, 3.63) is 63.2 Å².